The van der Waals surface area contributed by atoms with Crippen molar-refractivity contribution in [2.24, 2.45) is 5.73 Å². The smallest absolute Gasteiger partial charge is 0.480 e. The maximum absolute atomic E-state index is 12.4. The van der Waals surface area contributed by atoms with Crippen LogP contribution in [-0.4, -0.2) is 25.2 Å². The summed E-state index contributed by atoms with van der Waals surface area (Å²) in [4.78, 5) is 0. The van der Waals surface area contributed by atoms with E-state index in [-0.39, 0.29) is 10.2 Å². The van der Waals surface area contributed by atoms with Crippen molar-refractivity contribution in [1.82, 2.24) is 0 Å². The molecule has 0 saturated heterocycles. The lowest BCUT2D eigenvalue weighted by atomic mass is 10.3. The SMILES string of the molecule is NCC(Oc1ccc(OC(F)(F)F)c(Br)c1)C(F)(F)F. The van der Waals surface area contributed by atoms with Gasteiger partial charge in [-0.05, 0) is 34.1 Å². The molecule has 10 heteroatoms. The molecule has 2 N–H and O–H groups in total. The molecular formula is C10H8BrF6NO2. The maximum Gasteiger partial charge on any atom is 0.573 e. The van der Waals surface area contributed by atoms with Crippen LogP contribution in [-0.2, 0) is 0 Å². The van der Waals surface area contributed by atoms with Gasteiger partial charge in [-0.2, -0.15) is 13.2 Å². The van der Waals surface area contributed by atoms with Gasteiger partial charge in [0.1, 0.15) is 11.5 Å². The molecule has 0 aliphatic heterocycles. The number of alkyl halides is 6. The Kier molecular flexibility index (Phi) is 5.14. The second kappa shape index (κ2) is 6.08. The zero-order chi connectivity index (χ0) is 15.6. The second-order valence-electron chi connectivity index (χ2n) is 3.52. The number of hydrogen-bond donors (Lipinski definition) is 1. The Bertz CT molecular complexity index is 462. The zero-order valence-corrected chi connectivity index (χ0v) is 11.1. The lowest BCUT2D eigenvalue weighted by Gasteiger charge is -2.20. The number of nitrogens with two attached hydrogens (primary N) is 1. The monoisotopic (exact) mass is 367 g/mol. The highest BCUT2D eigenvalue weighted by molar-refractivity contribution is 9.10. The third-order valence-corrected chi connectivity index (χ3v) is 2.61. The van der Waals surface area contributed by atoms with Gasteiger partial charge >= 0.3 is 12.5 Å². The van der Waals surface area contributed by atoms with Crippen LogP contribution in [0.1, 0.15) is 0 Å². The van der Waals surface area contributed by atoms with Crippen molar-refractivity contribution >= 4 is 15.9 Å². The van der Waals surface area contributed by atoms with Crippen molar-refractivity contribution in [2.75, 3.05) is 6.54 Å². The van der Waals surface area contributed by atoms with Gasteiger partial charge in [0.15, 0.2) is 0 Å². The fourth-order valence-corrected chi connectivity index (χ4v) is 1.61. The third kappa shape index (κ3) is 5.08. The van der Waals surface area contributed by atoms with Gasteiger partial charge in [-0.3, -0.25) is 0 Å². The van der Waals surface area contributed by atoms with Crippen LogP contribution < -0.4 is 15.2 Å². The van der Waals surface area contributed by atoms with Crippen molar-refractivity contribution < 1.29 is 35.8 Å². The average molecular weight is 368 g/mol. The first-order valence-corrected chi connectivity index (χ1v) is 5.81. The Morgan fingerprint density at radius 2 is 1.75 bits per heavy atom. The highest BCUT2D eigenvalue weighted by Crippen LogP contribution is 2.34. The molecule has 0 saturated carbocycles. The predicted molar refractivity (Wildman–Crippen MR) is 60.4 cm³/mol. The van der Waals surface area contributed by atoms with Gasteiger partial charge in [-0.15, -0.1) is 13.2 Å². The molecule has 0 heterocycles. The molecular weight excluding hydrogens is 360 g/mol. The van der Waals surface area contributed by atoms with Crippen LogP contribution in [0.25, 0.3) is 0 Å². The van der Waals surface area contributed by atoms with Crippen LogP contribution in [0.3, 0.4) is 0 Å². The molecule has 0 bridgehead atoms. The van der Waals surface area contributed by atoms with E-state index in [1.807, 2.05) is 0 Å². The van der Waals surface area contributed by atoms with Gasteiger partial charge in [-0.25, -0.2) is 0 Å². The molecule has 0 aliphatic carbocycles. The molecule has 1 atom stereocenters. The average Bonchev–Trinajstić information content (AvgIpc) is 2.26. The Balaban J connectivity index is 2.87. The van der Waals surface area contributed by atoms with Gasteiger partial charge in [0.2, 0.25) is 6.10 Å². The van der Waals surface area contributed by atoms with Crippen LogP contribution >= 0.6 is 15.9 Å². The molecule has 1 aromatic carbocycles. The lowest BCUT2D eigenvalue weighted by molar-refractivity contribution is -0.274. The summed E-state index contributed by atoms with van der Waals surface area (Å²) in [5.41, 5.74) is 4.93. The summed E-state index contributed by atoms with van der Waals surface area (Å²) >= 11 is 2.74. The summed E-state index contributed by atoms with van der Waals surface area (Å²) in [6.45, 7) is -0.818. The molecule has 1 unspecified atom stereocenters. The molecule has 1 rings (SSSR count). The molecule has 0 aromatic heterocycles. The third-order valence-electron chi connectivity index (χ3n) is 1.99. The molecule has 1 aromatic rings. The Hall–Kier alpha value is -1.16. The van der Waals surface area contributed by atoms with E-state index in [9.17, 15) is 26.3 Å². The molecule has 114 valence electrons. The number of ether oxygens (including phenoxy) is 2. The van der Waals surface area contributed by atoms with E-state index < -0.39 is 30.9 Å². The van der Waals surface area contributed by atoms with E-state index in [1.54, 1.807) is 0 Å². The van der Waals surface area contributed by atoms with Crippen molar-refractivity contribution in [3.05, 3.63) is 22.7 Å². The fraction of sp³-hybridized carbons (Fsp3) is 0.400. The van der Waals surface area contributed by atoms with E-state index in [0.717, 1.165) is 18.2 Å². The van der Waals surface area contributed by atoms with Crippen LogP contribution in [0.4, 0.5) is 26.3 Å². The number of halogens is 7. The van der Waals surface area contributed by atoms with Gasteiger partial charge in [0.05, 0.1) is 4.47 Å². The topological polar surface area (TPSA) is 44.5 Å². The van der Waals surface area contributed by atoms with E-state index in [4.69, 9.17) is 5.73 Å². The van der Waals surface area contributed by atoms with Crippen LogP contribution in [0, 0.1) is 0 Å². The van der Waals surface area contributed by atoms with E-state index in [0.29, 0.717) is 0 Å². The molecule has 0 fully saturated rings. The molecule has 0 radical (unpaired) electrons. The number of rotatable bonds is 4. The maximum atomic E-state index is 12.4. The summed E-state index contributed by atoms with van der Waals surface area (Å²) in [7, 11) is 0. The summed E-state index contributed by atoms with van der Waals surface area (Å²) in [5.74, 6) is -0.889. The number of benzene rings is 1. The Morgan fingerprint density at radius 3 is 2.15 bits per heavy atom. The summed E-state index contributed by atoms with van der Waals surface area (Å²) in [6, 6.07) is 2.67. The quantitative estimate of drug-likeness (QED) is 0.826. The summed E-state index contributed by atoms with van der Waals surface area (Å²) in [5, 5.41) is 0. The summed E-state index contributed by atoms with van der Waals surface area (Å²) in [6.07, 6.45) is -11.8. The first kappa shape index (κ1) is 16.9. The minimum absolute atomic E-state index is 0.203. The number of hydrogen-bond acceptors (Lipinski definition) is 3. The minimum atomic E-state index is -4.91. The van der Waals surface area contributed by atoms with E-state index in [1.165, 1.54) is 0 Å². The van der Waals surface area contributed by atoms with Crippen molar-refractivity contribution in [1.29, 1.82) is 0 Å². The van der Waals surface area contributed by atoms with Crippen LogP contribution in [0.15, 0.2) is 22.7 Å². The lowest BCUT2D eigenvalue weighted by Crippen LogP contribution is -2.40. The highest BCUT2D eigenvalue weighted by atomic mass is 79.9. The standard InChI is InChI=1S/C10H8BrF6NO2/c11-6-3-5(19-8(4-18)9(12,13)14)1-2-7(6)20-10(15,16)17/h1-3,8H,4,18H2. The van der Waals surface area contributed by atoms with Gasteiger partial charge < -0.3 is 15.2 Å². The van der Waals surface area contributed by atoms with Crippen molar-refractivity contribution in [2.45, 2.75) is 18.6 Å². The fourth-order valence-electron chi connectivity index (χ4n) is 1.18. The van der Waals surface area contributed by atoms with Crippen LogP contribution in [0.5, 0.6) is 11.5 Å². The van der Waals surface area contributed by atoms with Gasteiger partial charge in [0.25, 0.3) is 0 Å². The van der Waals surface area contributed by atoms with E-state index in [2.05, 4.69) is 25.4 Å². The Labute approximate surface area is 117 Å². The summed E-state index contributed by atoms with van der Waals surface area (Å²) < 4.78 is 81.3. The first-order valence-electron chi connectivity index (χ1n) is 5.01. The molecule has 0 aliphatic rings. The molecule has 3 nitrogen and oxygen atoms in total. The van der Waals surface area contributed by atoms with Crippen molar-refractivity contribution in [3.63, 3.8) is 0 Å². The Morgan fingerprint density at radius 1 is 1.15 bits per heavy atom. The highest BCUT2D eigenvalue weighted by Gasteiger charge is 2.41. The van der Waals surface area contributed by atoms with Crippen molar-refractivity contribution in [3.8, 4) is 11.5 Å². The predicted octanol–water partition coefficient (Wildman–Crippen LogP) is 3.62. The zero-order valence-electron chi connectivity index (χ0n) is 9.56. The first-order chi connectivity index (χ1) is 9.03. The van der Waals surface area contributed by atoms with Gasteiger partial charge in [-0.1, -0.05) is 0 Å². The van der Waals surface area contributed by atoms with Crippen LogP contribution in [0.2, 0.25) is 0 Å². The molecule has 0 amide bonds. The normalized spacial score (nSPS) is 14.0. The minimum Gasteiger partial charge on any atom is -0.480 e. The van der Waals surface area contributed by atoms with E-state index >= 15 is 0 Å². The second-order valence-corrected chi connectivity index (χ2v) is 4.38. The molecule has 20 heavy (non-hydrogen) atoms. The molecule has 0 spiro atoms. The largest absolute Gasteiger partial charge is 0.573 e. The van der Waals surface area contributed by atoms with Gasteiger partial charge in [0, 0.05) is 6.54 Å².